The topological polar surface area (TPSA) is 114 Å². The molecule has 4 aromatic rings. The summed E-state index contributed by atoms with van der Waals surface area (Å²) in [6, 6.07) is 5.73. The molecular weight excluding hydrogens is 414 g/mol. The Balaban J connectivity index is 1.77. The van der Waals surface area contributed by atoms with E-state index in [9.17, 15) is 0 Å². The van der Waals surface area contributed by atoms with Gasteiger partial charge in [0.1, 0.15) is 17.1 Å². The van der Waals surface area contributed by atoms with Gasteiger partial charge in [0, 0.05) is 37.3 Å². The molecule has 0 saturated carbocycles. The molecule has 1 aromatic carbocycles. The average molecular weight is 440 g/mol. The fraction of sp³-hybridized carbons (Fsp3) is 0.333. The number of fused-ring (bicyclic) bond motifs is 1. The lowest BCUT2D eigenvalue weighted by atomic mass is 10.1. The van der Waals surface area contributed by atoms with Crippen molar-refractivity contribution in [3.8, 4) is 22.6 Å². The molecule has 0 aliphatic carbocycles. The summed E-state index contributed by atoms with van der Waals surface area (Å²) in [6.07, 6.45) is 3.60. The van der Waals surface area contributed by atoms with E-state index >= 15 is 0 Å². The van der Waals surface area contributed by atoms with Gasteiger partial charge >= 0.3 is 0 Å². The fourth-order valence-corrected chi connectivity index (χ4v) is 3.79. The Labute approximate surface area is 185 Å². The number of hydrogen-bond acceptors (Lipinski definition) is 7. The molecule has 3 heterocycles. The molecule has 0 radical (unpaired) electrons. The Hall–Kier alpha value is -3.17. The van der Waals surface area contributed by atoms with Crippen LogP contribution in [0.2, 0.25) is 5.02 Å². The second-order valence-corrected chi connectivity index (χ2v) is 7.68. The molecule has 0 aliphatic heterocycles. The number of anilines is 2. The first kappa shape index (κ1) is 21.1. The third kappa shape index (κ3) is 4.33. The van der Waals surface area contributed by atoms with Gasteiger partial charge in [-0.2, -0.15) is 10.2 Å². The Morgan fingerprint density at radius 3 is 2.71 bits per heavy atom. The van der Waals surface area contributed by atoms with Crippen LogP contribution >= 0.6 is 11.6 Å². The number of nitrogens with one attached hydrogen (secondary N) is 2. The highest BCUT2D eigenvalue weighted by Crippen LogP contribution is 2.35. The van der Waals surface area contributed by atoms with Crippen LogP contribution < -0.4 is 11.1 Å². The van der Waals surface area contributed by atoms with Crippen LogP contribution in [-0.4, -0.2) is 61.0 Å². The first-order valence-electron chi connectivity index (χ1n) is 10.3. The first-order valence-corrected chi connectivity index (χ1v) is 10.6. The summed E-state index contributed by atoms with van der Waals surface area (Å²) in [4.78, 5) is 11.8. The zero-order valence-corrected chi connectivity index (χ0v) is 18.6. The van der Waals surface area contributed by atoms with E-state index in [-0.39, 0.29) is 0 Å². The van der Waals surface area contributed by atoms with Crippen LogP contribution in [0.4, 0.5) is 11.6 Å². The van der Waals surface area contributed by atoms with Crippen LogP contribution in [0.1, 0.15) is 13.8 Å². The molecule has 0 unspecified atom stereocenters. The molecular formula is C21H26ClN9. The van der Waals surface area contributed by atoms with Crippen LogP contribution in [0, 0.1) is 0 Å². The number of aryl methyl sites for hydroxylation is 1. The van der Waals surface area contributed by atoms with E-state index in [1.807, 2.05) is 31.4 Å². The van der Waals surface area contributed by atoms with Crippen LogP contribution in [-0.2, 0) is 7.05 Å². The summed E-state index contributed by atoms with van der Waals surface area (Å²) in [5.74, 6) is 0.879. The number of hydrogen-bond donors (Lipinski definition) is 3. The van der Waals surface area contributed by atoms with Gasteiger partial charge in [0.05, 0.1) is 16.7 Å². The first-order chi connectivity index (χ1) is 15.0. The highest BCUT2D eigenvalue weighted by atomic mass is 35.5. The van der Waals surface area contributed by atoms with Crippen molar-refractivity contribution < 1.29 is 0 Å². The van der Waals surface area contributed by atoms with Crippen molar-refractivity contribution in [3.05, 3.63) is 35.6 Å². The zero-order chi connectivity index (χ0) is 22.0. The van der Waals surface area contributed by atoms with E-state index in [0.29, 0.717) is 40.3 Å². The number of aromatic nitrogens is 6. The molecule has 162 valence electrons. The van der Waals surface area contributed by atoms with Crippen LogP contribution in [0.25, 0.3) is 33.5 Å². The van der Waals surface area contributed by atoms with Gasteiger partial charge in [0.2, 0.25) is 0 Å². The molecule has 10 heteroatoms. The number of benzene rings is 1. The predicted octanol–water partition coefficient (Wildman–Crippen LogP) is 3.41. The molecule has 0 bridgehead atoms. The minimum atomic E-state index is 0.333. The van der Waals surface area contributed by atoms with Crippen molar-refractivity contribution in [2.45, 2.75) is 13.8 Å². The normalized spacial score (nSPS) is 11.5. The fourth-order valence-electron chi connectivity index (χ4n) is 3.52. The Bertz CT molecular complexity index is 1190. The lowest BCUT2D eigenvalue weighted by Crippen LogP contribution is -2.29. The van der Waals surface area contributed by atoms with Crippen molar-refractivity contribution in [2.24, 2.45) is 7.05 Å². The maximum absolute atomic E-state index is 6.49. The monoisotopic (exact) mass is 439 g/mol. The number of nitrogens with two attached hydrogens (primary N) is 1. The number of halogens is 1. The Kier molecular flexibility index (Phi) is 6.06. The van der Waals surface area contributed by atoms with Crippen molar-refractivity contribution in [2.75, 3.05) is 37.2 Å². The summed E-state index contributed by atoms with van der Waals surface area (Å²) < 4.78 is 1.72. The second-order valence-electron chi connectivity index (χ2n) is 7.28. The molecule has 0 saturated heterocycles. The standard InChI is InChI=1S/C21H26ClN9/c1-4-31(5-2)9-7-24-21-20(23)26-19(16-6-8-30(3)29-16)18(27-21)13-10-14-12-25-28-17(14)15(22)11-13/h6,8,10-12H,4-5,7,9H2,1-3H3,(H2,23,26)(H,24,27)(H,25,28). The summed E-state index contributed by atoms with van der Waals surface area (Å²) in [7, 11) is 1.86. The number of H-pyrrole nitrogens is 1. The number of likely N-dealkylation sites (N-methyl/N-ethyl adjacent to an activating group) is 1. The number of rotatable bonds is 8. The summed E-state index contributed by atoms with van der Waals surface area (Å²) in [6.45, 7) is 7.88. The van der Waals surface area contributed by atoms with E-state index in [1.165, 1.54) is 0 Å². The predicted molar refractivity (Wildman–Crippen MR) is 125 cm³/mol. The molecule has 0 aliphatic rings. The quantitative estimate of drug-likeness (QED) is 0.385. The van der Waals surface area contributed by atoms with Gasteiger partial charge < -0.3 is 16.0 Å². The Morgan fingerprint density at radius 2 is 2.00 bits per heavy atom. The van der Waals surface area contributed by atoms with E-state index in [1.54, 1.807) is 10.9 Å². The van der Waals surface area contributed by atoms with Gasteiger partial charge in [0.15, 0.2) is 11.6 Å². The molecule has 4 N–H and O–H groups in total. The van der Waals surface area contributed by atoms with E-state index in [0.717, 1.165) is 36.1 Å². The van der Waals surface area contributed by atoms with Gasteiger partial charge in [-0.25, -0.2) is 9.97 Å². The van der Waals surface area contributed by atoms with Crippen molar-refractivity contribution in [1.29, 1.82) is 0 Å². The summed E-state index contributed by atoms with van der Waals surface area (Å²) in [5, 5.41) is 16.3. The smallest absolute Gasteiger partial charge is 0.169 e. The van der Waals surface area contributed by atoms with Crippen LogP contribution in [0.15, 0.2) is 30.6 Å². The van der Waals surface area contributed by atoms with E-state index in [4.69, 9.17) is 22.3 Å². The van der Waals surface area contributed by atoms with Gasteiger partial charge in [-0.05, 0) is 31.3 Å². The largest absolute Gasteiger partial charge is 0.381 e. The van der Waals surface area contributed by atoms with Crippen LogP contribution in [0.3, 0.4) is 0 Å². The Morgan fingerprint density at radius 1 is 1.19 bits per heavy atom. The van der Waals surface area contributed by atoms with Crippen molar-refractivity contribution >= 4 is 34.1 Å². The summed E-state index contributed by atoms with van der Waals surface area (Å²) >= 11 is 6.49. The highest BCUT2D eigenvalue weighted by molar-refractivity contribution is 6.35. The molecule has 3 aromatic heterocycles. The number of nitrogen functional groups attached to an aromatic ring is 1. The molecule has 0 amide bonds. The minimum Gasteiger partial charge on any atom is -0.381 e. The molecule has 0 spiro atoms. The van der Waals surface area contributed by atoms with Crippen molar-refractivity contribution in [3.63, 3.8) is 0 Å². The molecule has 0 atom stereocenters. The highest BCUT2D eigenvalue weighted by Gasteiger charge is 2.19. The van der Waals surface area contributed by atoms with E-state index in [2.05, 4.69) is 44.3 Å². The van der Waals surface area contributed by atoms with Gasteiger partial charge in [-0.3, -0.25) is 9.78 Å². The maximum Gasteiger partial charge on any atom is 0.169 e. The summed E-state index contributed by atoms with van der Waals surface area (Å²) in [5.41, 5.74) is 9.82. The second kappa shape index (κ2) is 8.91. The van der Waals surface area contributed by atoms with Gasteiger partial charge in [0.25, 0.3) is 0 Å². The lowest BCUT2D eigenvalue weighted by molar-refractivity contribution is 0.316. The third-order valence-electron chi connectivity index (χ3n) is 5.27. The third-order valence-corrected chi connectivity index (χ3v) is 5.57. The SMILES string of the molecule is CCN(CC)CCNc1nc(-c2cc(Cl)c3[nH]ncc3c2)c(-c2ccn(C)n2)nc1N. The number of nitrogens with zero attached hydrogens (tertiary/aromatic N) is 6. The van der Waals surface area contributed by atoms with Gasteiger partial charge in [-0.15, -0.1) is 0 Å². The lowest BCUT2D eigenvalue weighted by Gasteiger charge is -2.19. The average Bonchev–Trinajstić information content (AvgIpc) is 3.41. The molecule has 4 rings (SSSR count). The molecule has 0 fully saturated rings. The van der Waals surface area contributed by atoms with E-state index < -0.39 is 0 Å². The number of aromatic amines is 1. The zero-order valence-electron chi connectivity index (χ0n) is 17.9. The maximum atomic E-state index is 6.49. The van der Waals surface area contributed by atoms with Gasteiger partial charge in [-0.1, -0.05) is 25.4 Å². The van der Waals surface area contributed by atoms with Crippen LogP contribution in [0.5, 0.6) is 0 Å². The molecule has 9 nitrogen and oxygen atoms in total. The van der Waals surface area contributed by atoms with Crippen molar-refractivity contribution in [1.82, 2.24) is 34.8 Å². The molecule has 31 heavy (non-hydrogen) atoms. The minimum absolute atomic E-state index is 0.333.